The maximum Gasteiger partial charge on any atom is 0.267 e. The summed E-state index contributed by atoms with van der Waals surface area (Å²) in [5.41, 5.74) is -0.404. The highest BCUT2D eigenvalue weighted by atomic mass is 35.7. The van der Waals surface area contributed by atoms with Gasteiger partial charge in [-0.05, 0) is 6.07 Å². The van der Waals surface area contributed by atoms with Gasteiger partial charge in [0.15, 0.2) is 0 Å². The van der Waals surface area contributed by atoms with Crippen molar-refractivity contribution in [3.05, 3.63) is 18.0 Å². The van der Waals surface area contributed by atoms with E-state index in [0.29, 0.717) is 19.6 Å². The van der Waals surface area contributed by atoms with E-state index in [0.717, 1.165) is 0 Å². The zero-order valence-corrected chi connectivity index (χ0v) is 12.4. The molecule has 1 unspecified atom stereocenters. The van der Waals surface area contributed by atoms with Gasteiger partial charge in [-0.25, -0.2) is 8.42 Å². The van der Waals surface area contributed by atoms with Gasteiger partial charge < -0.3 is 19.8 Å². The lowest BCUT2D eigenvalue weighted by molar-refractivity contribution is -0.0149. The highest BCUT2D eigenvalue weighted by Gasteiger charge is 2.35. The molecule has 0 aliphatic carbocycles. The summed E-state index contributed by atoms with van der Waals surface area (Å²) in [6.45, 7) is 1.28. The van der Waals surface area contributed by atoms with Crippen LogP contribution in [0.2, 0.25) is 0 Å². The molecule has 1 aliphatic rings. The summed E-state index contributed by atoms with van der Waals surface area (Å²) < 4.78 is 32.9. The smallest absolute Gasteiger partial charge is 0.267 e. The standard InChI is InChI=1S/C11H15ClN2O5S/c1-18-11(2-3-19-7-11)6-14-10(15)9-4-8(5-13-9)20(12,16)17/h4-5,13H,2-3,6-7H2,1H3,(H,14,15). The van der Waals surface area contributed by atoms with Crippen molar-refractivity contribution < 1.29 is 22.7 Å². The third-order valence-corrected chi connectivity index (χ3v) is 4.59. The topological polar surface area (TPSA) is 97.5 Å². The van der Waals surface area contributed by atoms with Crippen LogP contribution in [0.15, 0.2) is 17.2 Å². The summed E-state index contributed by atoms with van der Waals surface area (Å²) >= 11 is 0. The summed E-state index contributed by atoms with van der Waals surface area (Å²) in [4.78, 5) is 14.3. The second kappa shape index (κ2) is 5.72. The number of aromatic nitrogens is 1. The molecule has 1 atom stereocenters. The lowest BCUT2D eigenvalue weighted by Crippen LogP contribution is -2.45. The van der Waals surface area contributed by atoms with Gasteiger partial charge in [0.25, 0.3) is 15.0 Å². The number of ether oxygens (including phenoxy) is 2. The lowest BCUT2D eigenvalue weighted by atomic mass is 10.0. The summed E-state index contributed by atoms with van der Waals surface area (Å²) in [5.74, 6) is -0.431. The number of nitrogens with one attached hydrogen (secondary N) is 2. The van der Waals surface area contributed by atoms with E-state index < -0.39 is 20.6 Å². The van der Waals surface area contributed by atoms with Crippen molar-refractivity contribution in [2.75, 3.05) is 26.9 Å². The van der Waals surface area contributed by atoms with Crippen LogP contribution in [-0.4, -0.2) is 51.8 Å². The Morgan fingerprint density at radius 3 is 2.90 bits per heavy atom. The number of aromatic amines is 1. The first-order valence-corrected chi connectivity index (χ1v) is 8.21. The largest absolute Gasteiger partial charge is 0.378 e. The Kier molecular flexibility index (Phi) is 4.38. The number of halogens is 1. The molecule has 1 saturated heterocycles. The third kappa shape index (κ3) is 3.32. The predicted molar refractivity (Wildman–Crippen MR) is 71.3 cm³/mol. The van der Waals surface area contributed by atoms with Crippen molar-refractivity contribution in [1.29, 1.82) is 0 Å². The van der Waals surface area contributed by atoms with Gasteiger partial charge in [-0.15, -0.1) is 0 Å². The molecule has 1 fully saturated rings. The molecule has 20 heavy (non-hydrogen) atoms. The van der Waals surface area contributed by atoms with E-state index >= 15 is 0 Å². The number of hydrogen-bond acceptors (Lipinski definition) is 5. The number of H-pyrrole nitrogens is 1. The van der Waals surface area contributed by atoms with Crippen molar-refractivity contribution >= 4 is 25.6 Å². The van der Waals surface area contributed by atoms with Crippen molar-refractivity contribution in [2.24, 2.45) is 0 Å². The molecule has 9 heteroatoms. The molecule has 0 radical (unpaired) electrons. The second-order valence-electron chi connectivity index (χ2n) is 4.56. The quantitative estimate of drug-likeness (QED) is 0.768. The normalized spacial score (nSPS) is 22.9. The average molecular weight is 323 g/mol. The Morgan fingerprint density at radius 1 is 1.65 bits per heavy atom. The molecule has 2 heterocycles. The molecule has 0 spiro atoms. The summed E-state index contributed by atoms with van der Waals surface area (Å²) in [6.07, 6.45) is 1.86. The number of carbonyl (C=O) groups is 1. The molecule has 2 rings (SSSR count). The molecule has 1 aromatic heterocycles. The average Bonchev–Trinajstić information content (AvgIpc) is 3.05. The van der Waals surface area contributed by atoms with Crippen molar-refractivity contribution in [3.63, 3.8) is 0 Å². The van der Waals surface area contributed by atoms with Crippen LogP contribution in [0.4, 0.5) is 0 Å². The maximum atomic E-state index is 11.9. The molecular weight excluding hydrogens is 308 g/mol. The van der Waals surface area contributed by atoms with Gasteiger partial charge in [0.2, 0.25) is 0 Å². The van der Waals surface area contributed by atoms with E-state index in [9.17, 15) is 13.2 Å². The minimum Gasteiger partial charge on any atom is -0.378 e. The van der Waals surface area contributed by atoms with Gasteiger partial charge in [-0.1, -0.05) is 0 Å². The van der Waals surface area contributed by atoms with Gasteiger partial charge in [0, 0.05) is 43.6 Å². The van der Waals surface area contributed by atoms with Crippen molar-refractivity contribution in [3.8, 4) is 0 Å². The Balaban J connectivity index is 2.00. The number of amides is 1. The molecular formula is C11H15ClN2O5S. The van der Waals surface area contributed by atoms with E-state index in [2.05, 4.69) is 10.3 Å². The Bertz CT molecular complexity index is 592. The zero-order chi connectivity index (χ0) is 14.8. The maximum absolute atomic E-state index is 11.9. The Labute approximate surface area is 121 Å². The number of rotatable bonds is 5. The van der Waals surface area contributed by atoms with Gasteiger partial charge in [0.05, 0.1) is 6.61 Å². The van der Waals surface area contributed by atoms with Gasteiger partial charge in [-0.3, -0.25) is 4.79 Å². The van der Waals surface area contributed by atoms with Crippen molar-refractivity contribution in [1.82, 2.24) is 10.3 Å². The molecule has 2 N–H and O–H groups in total. The molecule has 0 saturated carbocycles. The highest BCUT2D eigenvalue weighted by molar-refractivity contribution is 8.13. The molecule has 112 valence electrons. The first kappa shape index (κ1) is 15.3. The van der Waals surface area contributed by atoms with E-state index in [1.807, 2.05) is 0 Å². The van der Waals surface area contributed by atoms with E-state index in [1.54, 1.807) is 7.11 Å². The molecule has 7 nitrogen and oxygen atoms in total. The molecule has 0 bridgehead atoms. The number of hydrogen-bond donors (Lipinski definition) is 2. The molecule has 1 amide bonds. The van der Waals surface area contributed by atoms with Crippen LogP contribution in [0.25, 0.3) is 0 Å². The van der Waals surface area contributed by atoms with E-state index in [4.69, 9.17) is 20.2 Å². The minimum atomic E-state index is -3.85. The van der Waals surface area contributed by atoms with Crippen LogP contribution in [0.3, 0.4) is 0 Å². The number of methoxy groups -OCH3 is 1. The fourth-order valence-electron chi connectivity index (χ4n) is 1.94. The minimum absolute atomic E-state index is 0.120. The van der Waals surface area contributed by atoms with Crippen LogP contribution in [-0.2, 0) is 18.5 Å². The SMILES string of the molecule is COC1(CNC(=O)c2cc(S(=O)(=O)Cl)c[nH]2)CCOC1. The van der Waals surface area contributed by atoms with Crippen LogP contribution in [0, 0.1) is 0 Å². The predicted octanol–water partition coefficient (Wildman–Crippen LogP) is 0.478. The molecule has 1 aromatic rings. The fraction of sp³-hybridized carbons (Fsp3) is 0.545. The van der Waals surface area contributed by atoms with Gasteiger partial charge in [-0.2, -0.15) is 0 Å². The fourth-order valence-corrected chi connectivity index (χ4v) is 2.67. The summed E-state index contributed by atoms with van der Waals surface area (Å²) in [7, 11) is 2.90. The van der Waals surface area contributed by atoms with Crippen LogP contribution < -0.4 is 5.32 Å². The van der Waals surface area contributed by atoms with Crippen LogP contribution >= 0.6 is 10.7 Å². The third-order valence-electron chi connectivity index (χ3n) is 3.25. The Morgan fingerprint density at radius 2 is 2.40 bits per heavy atom. The second-order valence-corrected chi connectivity index (χ2v) is 7.13. The van der Waals surface area contributed by atoms with Crippen LogP contribution in [0.5, 0.6) is 0 Å². The monoisotopic (exact) mass is 322 g/mol. The van der Waals surface area contributed by atoms with Gasteiger partial charge in [0.1, 0.15) is 16.2 Å². The van der Waals surface area contributed by atoms with Crippen LogP contribution in [0.1, 0.15) is 16.9 Å². The first-order chi connectivity index (χ1) is 9.36. The summed E-state index contributed by atoms with van der Waals surface area (Å²) in [5, 5.41) is 2.68. The zero-order valence-electron chi connectivity index (χ0n) is 10.8. The highest BCUT2D eigenvalue weighted by Crippen LogP contribution is 2.21. The van der Waals surface area contributed by atoms with Crippen molar-refractivity contribution in [2.45, 2.75) is 16.9 Å². The number of carbonyl (C=O) groups excluding carboxylic acids is 1. The van der Waals surface area contributed by atoms with E-state index in [1.165, 1.54) is 12.3 Å². The summed E-state index contributed by atoms with van der Waals surface area (Å²) in [6, 6.07) is 1.18. The lowest BCUT2D eigenvalue weighted by Gasteiger charge is -2.25. The Hall–Kier alpha value is -1.09. The van der Waals surface area contributed by atoms with E-state index in [-0.39, 0.29) is 17.1 Å². The van der Waals surface area contributed by atoms with Gasteiger partial charge >= 0.3 is 0 Å². The molecule has 1 aliphatic heterocycles. The molecule has 0 aromatic carbocycles. The first-order valence-electron chi connectivity index (χ1n) is 5.90.